The lowest BCUT2D eigenvalue weighted by molar-refractivity contribution is -0.385. The Kier molecular flexibility index (Phi) is 4.23. The molecule has 0 spiro atoms. The van der Waals surface area contributed by atoms with Gasteiger partial charge in [0.1, 0.15) is 5.75 Å². The van der Waals surface area contributed by atoms with Crippen molar-refractivity contribution in [2.24, 2.45) is 0 Å². The van der Waals surface area contributed by atoms with Gasteiger partial charge in [-0.25, -0.2) is 4.79 Å². The monoisotopic (exact) mass is 351 g/mol. The molecule has 0 atom stereocenters. The molecule has 0 amide bonds. The van der Waals surface area contributed by atoms with E-state index in [0.29, 0.717) is 5.75 Å². The van der Waals surface area contributed by atoms with E-state index >= 15 is 0 Å². The largest absolute Gasteiger partial charge is 0.478 e. The Morgan fingerprint density at radius 1 is 1.24 bits per heavy atom. The minimum Gasteiger partial charge on any atom is -0.478 e. The third-order valence-electron chi connectivity index (χ3n) is 2.77. The maximum absolute atomic E-state index is 11.0. The number of nitro benzene ring substituents is 1. The highest BCUT2D eigenvalue weighted by Crippen LogP contribution is 2.34. The van der Waals surface area contributed by atoms with Crippen molar-refractivity contribution in [2.45, 2.75) is 6.92 Å². The number of aryl methyl sites for hydroxylation is 1. The van der Waals surface area contributed by atoms with Crippen LogP contribution in [0.4, 0.5) is 5.69 Å². The molecule has 0 fully saturated rings. The molecular weight excluding hydrogens is 342 g/mol. The predicted octanol–water partition coefficient (Wildman–Crippen LogP) is 4.16. The number of aromatic carboxylic acids is 1. The molecular formula is C14H10BrNO5. The van der Waals surface area contributed by atoms with Gasteiger partial charge in [0.2, 0.25) is 5.75 Å². The number of carbonyl (C=O) groups is 1. The summed E-state index contributed by atoms with van der Waals surface area (Å²) < 4.78 is 6.29. The molecule has 0 aromatic heterocycles. The molecule has 6 nitrogen and oxygen atoms in total. The lowest BCUT2D eigenvalue weighted by atomic mass is 10.2. The highest BCUT2D eigenvalue weighted by Gasteiger charge is 2.19. The first kappa shape index (κ1) is 15.0. The number of nitrogens with zero attached hydrogens (tertiary/aromatic N) is 1. The van der Waals surface area contributed by atoms with Crippen LogP contribution >= 0.6 is 15.9 Å². The predicted molar refractivity (Wildman–Crippen MR) is 79.0 cm³/mol. The molecule has 0 aliphatic carbocycles. The van der Waals surface area contributed by atoms with Gasteiger partial charge in [0.15, 0.2) is 0 Å². The average molecular weight is 352 g/mol. The van der Waals surface area contributed by atoms with E-state index in [1.165, 1.54) is 6.07 Å². The molecule has 2 aromatic carbocycles. The number of hydrogen-bond donors (Lipinski definition) is 1. The molecule has 0 heterocycles. The van der Waals surface area contributed by atoms with Crippen molar-refractivity contribution < 1.29 is 19.6 Å². The van der Waals surface area contributed by atoms with Crippen molar-refractivity contribution in [2.75, 3.05) is 0 Å². The zero-order valence-electron chi connectivity index (χ0n) is 10.9. The van der Waals surface area contributed by atoms with Crippen LogP contribution in [0.3, 0.4) is 0 Å². The first-order valence-electron chi connectivity index (χ1n) is 5.84. The fourth-order valence-corrected chi connectivity index (χ4v) is 2.02. The summed E-state index contributed by atoms with van der Waals surface area (Å²) in [5.41, 5.74) is 0.399. The van der Waals surface area contributed by atoms with Crippen LogP contribution in [0.25, 0.3) is 0 Å². The van der Waals surface area contributed by atoms with Gasteiger partial charge >= 0.3 is 11.7 Å². The normalized spacial score (nSPS) is 10.2. The molecule has 21 heavy (non-hydrogen) atoms. The molecule has 1 N–H and O–H groups in total. The van der Waals surface area contributed by atoms with Crippen molar-refractivity contribution in [1.82, 2.24) is 0 Å². The van der Waals surface area contributed by atoms with E-state index in [2.05, 4.69) is 15.9 Å². The summed E-state index contributed by atoms with van der Waals surface area (Å²) in [6.07, 6.45) is 0. The number of hydrogen-bond acceptors (Lipinski definition) is 4. The summed E-state index contributed by atoms with van der Waals surface area (Å²) in [6, 6.07) is 8.68. The molecule has 0 saturated carbocycles. The van der Waals surface area contributed by atoms with Crippen LogP contribution in [0.15, 0.2) is 40.9 Å². The van der Waals surface area contributed by atoms with Crippen LogP contribution in [0, 0.1) is 17.0 Å². The smallest absolute Gasteiger partial charge is 0.335 e. The van der Waals surface area contributed by atoms with Crippen LogP contribution in [0.1, 0.15) is 15.9 Å². The highest BCUT2D eigenvalue weighted by atomic mass is 79.9. The molecule has 7 heteroatoms. The molecule has 2 aromatic rings. The molecule has 0 aliphatic heterocycles. The Morgan fingerprint density at radius 3 is 2.57 bits per heavy atom. The van der Waals surface area contributed by atoms with Crippen molar-refractivity contribution >= 4 is 27.6 Å². The SMILES string of the molecule is Cc1ccc(Br)cc1Oc1cc(C(=O)O)ccc1[N+](=O)[O-]. The second-order valence-corrected chi connectivity index (χ2v) is 5.17. The van der Waals surface area contributed by atoms with Gasteiger partial charge in [-0.15, -0.1) is 0 Å². The van der Waals surface area contributed by atoms with Crippen LogP contribution < -0.4 is 4.74 Å². The fraction of sp³-hybridized carbons (Fsp3) is 0.0714. The number of ether oxygens (including phenoxy) is 1. The Balaban J connectivity index is 2.50. The van der Waals surface area contributed by atoms with E-state index in [4.69, 9.17) is 9.84 Å². The Hall–Kier alpha value is -2.41. The number of carboxylic acid groups (broad SMARTS) is 1. The Morgan fingerprint density at radius 2 is 1.95 bits per heavy atom. The van der Waals surface area contributed by atoms with Crippen molar-refractivity contribution in [3.63, 3.8) is 0 Å². The minimum atomic E-state index is -1.18. The lowest BCUT2D eigenvalue weighted by Gasteiger charge is -2.10. The molecule has 0 aliphatic rings. The minimum absolute atomic E-state index is 0.0803. The maximum Gasteiger partial charge on any atom is 0.335 e. The molecule has 2 rings (SSSR count). The van der Waals surface area contributed by atoms with E-state index in [0.717, 1.165) is 22.2 Å². The second-order valence-electron chi connectivity index (χ2n) is 4.26. The second kappa shape index (κ2) is 5.92. The van der Waals surface area contributed by atoms with Gasteiger partial charge < -0.3 is 9.84 Å². The number of halogens is 1. The third kappa shape index (κ3) is 3.38. The third-order valence-corrected chi connectivity index (χ3v) is 3.27. The van der Waals surface area contributed by atoms with Crippen LogP contribution in [-0.4, -0.2) is 16.0 Å². The van der Waals surface area contributed by atoms with Gasteiger partial charge in [-0.3, -0.25) is 10.1 Å². The number of rotatable bonds is 4. The van der Waals surface area contributed by atoms with E-state index in [1.807, 2.05) is 6.07 Å². The van der Waals surface area contributed by atoms with E-state index in [9.17, 15) is 14.9 Å². The fourth-order valence-electron chi connectivity index (χ4n) is 1.68. The van der Waals surface area contributed by atoms with Crippen molar-refractivity contribution in [3.8, 4) is 11.5 Å². The van der Waals surface area contributed by atoms with Gasteiger partial charge in [0.25, 0.3) is 0 Å². The Bertz CT molecular complexity index is 729. The van der Waals surface area contributed by atoms with E-state index < -0.39 is 10.9 Å². The lowest BCUT2D eigenvalue weighted by Crippen LogP contribution is -2.00. The summed E-state index contributed by atoms with van der Waals surface area (Å²) in [4.78, 5) is 21.4. The zero-order chi connectivity index (χ0) is 15.6. The van der Waals surface area contributed by atoms with Crippen molar-refractivity contribution in [1.29, 1.82) is 0 Å². The topological polar surface area (TPSA) is 89.7 Å². The quantitative estimate of drug-likeness (QED) is 0.659. The maximum atomic E-state index is 11.0. The van der Waals surface area contributed by atoms with Gasteiger partial charge in [0.05, 0.1) is 10.5 Å². The average Bonchev–Trinajstić information content (AvgIpc) is 2.42. The summed E-state index contributed by atoms with van der Waals surface area (Å²) in [5, 5.41) is 20.0. The van der Waals surface area contributed by atoms with Crippen LogP contribution in [0.5, 0.6) is 11.5 Å². The summed E-state index contributed by atoms with van der Waals surface area (Å²) in [6.45, 7) is 1.79. The standard InChI is InChI=1S/C14H10BrNO5/c1-8-2-4-10(15)7-12(8)21-13-6-9(14(17)18)3-5-11(13)16(19)20/h2-7H,1H3,(H,17,18). The van der Waals surface area contributed by atoms with Gasteiger partial charge in [-0.1, -0.05) is 22.0 Å². The molecule has 0 radical (unpaired) electrons. The highest BCUT2D eigenvalue weighted by molar-refractivity contribution is 9.10. The number of carboxylic acids is 1. The molecule has 0 bridgehead atoms. The first-order chi connectivity index (χ1) is 9.88. The first-order valence-corrected chi connectivity index (χ1v) is 6.63. The summed E-state index contributed by atoms with van der Waals surface area (Å²) >= 11 is 3.29. The van der Waals surface area contributed by atoms with Crippen LogP contribution in [0.2, 0.25) is 0 Å². The van der Waals surface area contributed by atoms with Crippen molar-refractivity contribution in [3.05, 3.63) is 62.1 Å². The zero-order valence-corrected chi connectivity index (χ0v) is 12.5. The van der Waals surface area contributed by atoms with Gasteiger partial charge in [-0.05, 0) is 30.7 Å². The van der Waals surface area contributed by atoms with Gasteiger partial charge in [-0.2, -0.15) is 0 Å². The molecule has 0 unspecified atom stereocenters. The Labute approximate surface area is 128 Å². The summed E-state index contributed by atoms with van der Waals surface area (Å²) in [5.74, 6) is -0.878. The van der Waals surface area contributed by atoms with E-state index in [1.54, 1.807) is 19.1 Å². The molecule has 0 saturated heterocycles. The van der Waals surface area contributed by atoms with E-state index in [-0.39, 0.29) is 17.0 Å². The summed E-state index contributed by atoms with van der Waals surface area (Å²) in [7, 11) is 0. The number of benzene rings is 2. The number of nitro groups is 1. The van der Waals surface area contributed by atoms with Crippen LogP contribution in [-0.2, 0) is 0 Å². The van der Waals surface area contributed by atoms with Gasteiger partial charge in [0, 0.05) is 16.6 Å². The molecule has 108 valence electrons.